The number of rotatable bonds is 6. The van der Waals surface area contributed by atoms with E-state index in [0.29, 0.717) is 6.61 Å². The van der Waals surface area contributed by atoms with E-state index in [0.717, 1.165) is 12.8 Å². The first-order valence-corrected chi connectivity index (χ1v) is 5.08. The van der Waals surface area contributed by atoms with Crippen molar-refractivity contribution >= 4 is 0 Å². The van der Waals surface area contributed by atoms with Crippen LogP contribution >= 0.6 is 0 Å². The third kappa shape index (κ3) is 5.73. The molecule has 0 bridgehead atoms. The van der Waals surface area contributed by atoms with Crippen LogP contribution in [0, 0.1) is 0 Å². The summed E-state index contributed by atoms with van der Waals surface area (Å²) in [6, 6.07) is 10.6. The standard InChI is InChI=1S/C12H18O.H3N/c13-11-7-2-1-4-8-12-9-5-3-6-10-12;/h3,5-6,9-10,13H,1-2,4,7-8,11H2;1H3. The number of hydrogen-bond acceptors (Lipinski definition) is 2. The second kappa shape index (κ2) is 8.73. The van der Waals surface area contributed by atoms with Gasteiger partial charge < -0.3 is 11.3 Å². The summed E-state index contributed by atoms with van der Waals surface area (Å²) >= 11 is 0. The Bertz CT molecular complexity index is 211. The molecule has 0 saturated carbocycles. The third-order valence-electron chi connectivity index (χ3n) is 2.22. The Morgan fingerprint density at radius 2 is 1.50 bits per heavy atom. The van der Waals surface area contributed by atoms with Crippen molar-refractivity contribution in [3.8, 4) is 0 Å². The molecule has 1 aromatic rings. The second-order valence-electron chi connectivity index (χ2n) is 3.37. The normalized spacial score (nSPS) is 9.50. The zero-order chi connectivity index (χ0) is 9.36. The maximum absolute atomic E-state index is 8.58. The molecule has 14 heavy (non-hydrogen) atoms. The van der Waals surface area contributed by atoms with Gasteiger partial charge in [-0.2, -0.15) is 0 Å². The molecule has 0 aliphatic carbocycles. The minimum Gasteiger partial charge on any atom is -0.396 e. The lowest BCUT2D eigenvalue weighted by Gasteiger charge is -2.00. The van der Waals surface area contributed by atoms with Gasteiger partial charge in [-0.3, -0.25) is 0 Å². The molecule has 0 saturated heterocycles. The van der Waals surface area contributed by atoms with Gasteiger partial charge in [-0.05, 0) is 24.8 Å². The van der Waals surface area contributed by atoms with Gasteiger partial charge in [0.2, 0.25) is 0 Å². The number of benzene rings is 1. The van der Waals surface area contributed by atoms with Gasteiger partial charge >= 0.3 is 0 Å². The van der Waals surface area contributed by atoms with Crippen molar-refractivity contribution in [2.45, 2.75) is 32.1 Å². The lowest BCUT2D eigenvalue weighted by atomic mass is 10.1. The molecule has 2 nitrogen and oxygen atoms in total. The average Bonchev–Trinajstić information content (AvgIpc) is 2.19. The highest BCUT2D eigenvalue weighted by atomic mass is 16.2. The Hall–Kier alpha value is -0.860. The van der Waals surface area contributed by atoms with Crippen molar-refractivity contribution in [1.82, 2.24) is 6.15 Å². The van der Waals surface area contributed by atoms with Gasteiger partial charge in [0, 0.05) is 6.61 Å². The van der Waals surface area contributed by atoms with Crippen molar-refractivity contribution in [3.63, 3.8) is 0 Å². The van der Waals surface area contributed by atoms with E-state index >= 15 is 0 Å². The molecule has 1 aromatic carbocycles. The van der Waals surface area contributed by atoms with Crippen LogP contribution in [0.15, 0.2) is 30.3 Å². The maximum Gasteiger partial charge on any atom is 0.0431 e. The van der Waals surface area contributed by atoms with Crippen LogP contribution in [0.25, 0.3) is 0 Å². The van der Waals surface area contributed by atoms with Crippen molar-refractivity contribution < 1.29 is 5.11 Å². The van der Waals surface area contributed by atoms with Crippen LogP contribution in [-0.2, 0) is 6.42 Å². The molecule has 0 aromatic heterocycles. The van der Waals surface area contributed by atoms with E-state index in [-0.39, 0.29) is 6.15 Å². The zero-order valence-electron chi connectivity index (χ0n) is 8.78. The summed E-state index contributed by atoms with van der Waals surface area (Å²) in [6.45, 7) is 0.339. The summed E-state index contributed by atoms with van der Waals surface area (Å²) < 4.78 is 0. The summed E-state index contributed by atoms with van der Waals surface area (Å²) in [4.78, 5) is 0. The fraction of sp³-hybridized carbons (Fsp3) is 0.500. The van der Waals surface area contributed by atoms with E-state index in [1.54, 1.807) is 0 Å². The summed E-state index contributed by atoms with van der Waals surface area (Å²) in [5.74, 6) is 0. The van der Waals surface area contributed by atoms with Crippen LogP contribution in [0.4, 0.5) is 0 Å². The largest absolute Gasteiger partial charge is 0.396 e. The fourth-order valence-corrected chi connectivity index (χ4v) is 1.44. The molecule has 80 valence electrons. The van der Waals surface area contributed by atoms with E-state index < -0.39 is 0 Å². The molecule has 0 amide bonds. The fourth-order valence-electron chi connectivity index (χ4n) is 1.44. The molecule has 0 unspecified atom stereocenters. The van der Waals surface area contributed by atoms with Crippen LogP contribution in [0.2, 0.25) is 0 Å². The summed E-state index contributed by atoms with van der Waals surface area (Å²) in [5.41, 5.74) is 1.42. The van der Waals surface area contributed by atoms with E-state index in [2.05, 4.69) is 30.3 Å². The lowest BCUT2D eigenvalue weighted by Crippen LogP contribution is -1.87. The number of aliphatic hydroxyl groups excluding tert-OH is 1. The minimum atomic E-state index is 0. The second-order valence-corrected chi connectivity index (χ2v) is 3.37. The highest BCUT2D eigenvalue weighted by molar-refractivity contribution is 5.14. The highest BCUT2D eigenvalue weighted by Crippen LogP contribution is 2.06. The summed E-state index contributed by atoms with van der Waals surface area (Å²) in [6.07, 6.45) is 5.75. The molecule has 0 aliphatic heterocycles. The molecule has 0 aliphatic rings. The van der Waals surface area contributed by atoms with Gasteiger partial charge in [-0.15, -0.1) is 0 Å². The number of aryl methyl sites for hydroxylation is 1. The van der Waals surface area contributed by atoms with Crippen LogP contribution in [0.5, 0.6) is 0 Å². The Labute approximate surface area is 86.6 Å². The Kier molecular flexibility index (Phi) is 8.19. The smallest absolute Gasteiger partial charge is 0.0431 e. The maximum atomic E-state index is 8.58. The van der Waals surface area contributed by atoms with E-state index in [1.807, 2.05) is 0 Å². The predicted octanol–water partition coefficient (Wildman–Crippen LogP) is 2.94. The molecule has 0 atom stereocenters. The lowest BCUT2D eigenvalue weighted by molar-refractivity contribution is 0.282. The van der Waals surface area contributed by atoms with E-state index in [1.165, 1.54) is 24.8 Å². The zero-order valence-corrected chi connectivity index (χ0v) is 8.78. The van der Waals surface area contributed by atoms with E-state index in [9.17, 15) is 0 Å². The van der Waals surface area contributed by atoms with Gasteiger partial charge in [-0.1, -0.05) is 43.2 Å². The number of hydrogen-bond donors (Lipinski definition) is 2. The molecule has 0 radical (unpaired) electrons. The molecule has 1 rings (SSSR count). The van der Waals surface area contributed by atoms with Crippen molar-refractivity contribution in [2.24, 2.45) is 0 Å². The highest BCUT2D eigenvalue weighted by Gasteiger charge is 1.91. The van der Waals surface area contributed by atoms with Crippen molar-refractivity contribution in [3.05, 3.63) is 35.9 Å². The number of unbranched alkanes of at least 4 members (excludes halogenated alkanes) is 3. The van der Waals surface area contributed by atoms with Crippen LogP contribution in [-0.4, -0.2) is 11.7 Å². The first-order valence-electron chi connectivity index (χ1n) is 5.08. The molecule has 0 spiro atoms. The average molecular weight is 195 g/mol. The topological polar surface area (TPSA) is 55.2 Å². The molecular formula is C12H21NO. The Morgan fingerprint density at radius 3 is 2.14 bits per heavy atom. The van der Waals surface area contributed by atoms with Crippen LogP contribution in [0.3, 0.4) is 0 Å². The van der Waals surface area contributed by atoms with Gasteiger partial charge in [0.1, 0.15) is 0 Å². The quantitative estimate of drug-likeness (QED) is 0.686. The summed E-state index contributed by atoms with van der Waals surface area (Å²) in [5, 5.41) is 8.58. The van der Waals surface area contributed by atoms with Crippen molar-refractivity contribution in [1.29, 1.82) is 0 Å². The Balaban J connectivity index is 0.00000169. The van der Waals surface area contributed by atoms with Gasteiger partial charge in [0.15, 0.2) is 0 Å². The van der Waals surface area contributed by atoms with Gasteiger partial charge in [-0.25, -0.2) is 0 Å². The van der Waals surface area contributed by atoms with Gasteiger partial charge in [0.05, 0.1) is 0 Å². The Morgan fingerprint density at radius 1 is 0.857 bits per heavy atom. The molecular weight excluding hydrogens is 174 g/mol. The first-order chi connectivity index (χ1) is 6.43. The molecule has 0 heterocycles. The monoisotopic (exact) mass is 195 g/mol. The summed E-state index contributed by atoms with van der Waals surface area (Å²) in [7, 11) is 0. The van der Waals surface area contributed by atoms with Crippen LogP contribution in [0.1, 0.15) is 31.2 Å². The SMILES string of the molecule is N.OCCCCCCc1ccccc1. The molecule has 0 fully saturated rings. The van der Waals surface area contributed by atoms with Crippen LogP contribution < -0.4 is 6.15 Å². The first kappa shape index (κ1) is 13.1. The van der Waals surface area contributed by atoms with Gasteiger partial charge in [0.25, 0.3) is 0 Å². The van der Waals surface area contributed by atoms with Crippen molar-refractivity contribution in [2.75, 3.05) is 6.61 Å². The van der Waals surface area contributed by atoms with E-state index in [4.69, 9.17) is 5.11 Å². The number of aliphatic hydroxyl groups is 1. The minimum absolute atomic E-state index is 0. The molecule has 4 N–H and O–H groups in total. The predicted molar refractivity (Wildman–Crippen MR) is 60.7 cm³/mol. The third-order valence-corrected chi connectivity index (χ3v) is 2.22. The molecule has 2 heteroatoms.